The Balaban J connectivity index is 1.92. The van der Waals surface area contributed by atoms with Gasteiger partial charge in [0.25, 0.3) is 0 Å². The molecular weight excluding hydrogens is 292 g/mol. The van der Waals surface area contributed by atoms with Crippen molar-refractivity contribution < 1.29 is 13.6 Å². The van der Waals surface area contributed by atoms with Crippen molar-refractivity contribution in [3.8, 4) is 0 Å². The Bertz CT molecular complexity index is 599. The molecule has 110 valence electrons. The van der Waals surface area contributed by atoms with E-state index in [1.165, 1.54) is 30.0 Å². The number of anilines is 1. The summed E-state index contributed by atoms with van der Waals surface area (Å²) in [7, 11) is 0. The Morgan fingerprint density at radius 1 is 1.10 bits per heavy atom. The fraction of sp³-hybridized carbons (Fsp3) is 0.188. The van der Waals surface area contributed by atoms with E-state index in [-0.39, 0.29) is 17.2 Å². The fourth-order valence-corrected chi connectivity index (χ4v) is 2.77. The molecule has 1 N–H and O–H groups in total. The number of thioether (sulfide) groups is 1. The van der Waals surface area contributed by atoms with Crippen LogP contribution in [0.4, 0.5) is 14.5 Å². The van der Waals surface area contributed by atoms with Gasteiger partial charge in [0.2, 0.25) is 5.91 Å². The van der Waals surface area contributed by atoms with E-state index in [1.54, 1.807) is 19.1 Å². The van der Waals surface area contributed by atoms with E-state index < -0.39 is 16.9 Å². The molecule has 2 rings (SSSR count). The van der Waals surface area contributed by atoms with Gasteiger partial charge >= 0.3 is 0 Å². The SMILES string of the molecule is CC(SCC(=O)Nc1ccccc1)c1c(F)cccc1F. The highest BCUT2D eigenvalue weighted by Gasteiger charge is 2.17. The van der Waals surface area contributed by atoms with Gasteiger partial charge in [-0.15, -0.1) is 11.8 Å². The topological polar surface area (TPSA) is 29.1 Å². The minimum absolute atomic E-state index is 0.00927. The Hall–Kier alpha value is -1.88. The maximum Gasteiger partial charge on any atom is 0.234 e. The summed E-state index contributed by atoms with van der Waals surface area (Å²) in [5.41, 5.74) is 0.711. The number of amides is 1. The second-order valence-electron chi connectivity index (χ2n) is 4.50. The minimum Gasteiger partial charge on any atom is -0.325 e. The summed E-state index contributed by atoms with van der Waals surface area (Å²) < 4.78 is 27.2. The van der Waals surface area contributed by atoms with E-state index >= 15 is 0 Å². The monoisotopic (exact) mass is 307 g/mol. The lowest BCUT2D eigenvalue weighted by atomic mass is 10.1. The normalized spacial score (nSPS) is 12.0. The molecule has 0 aromatic heterocycles. The van der Waals surface area contributed by atoms with Crippen LogP contribution in [0, 0.1) is 11.6 Å². The van der Waals surface area contributed by atoms with Crippen LogP contribution >= 0.6 is 11.8 Å². The van der Waals surface area contributed by atoms with Gasteiger partial charge < -0.3 is 5.32 Å². The van der Waals surface area contributed by atoms with Crippen LogP contribution in [0.3, 0.4) is 0 Å². The number of benzene rings is 2. The molecule has 0 spiro atoms. The zero-order valence-corrected chi connectivity index (χ0v) is 12.3. The quantitative estimate of drug-likeness (QED) is 0.887. The van der Waals surface area contributed by atoms with E-state index in [9.17, 15) is 13.6 Å². The highest BCUT2D eigenvalue weighted by Crippen LogP contribution is 2.31. The zero-order chi connectivity index (χ0) is 15.2. The number of para-hydroxylation sites is 1. The van der Waals surface area contributed by atoms with Crippen molar-refractivity contribution in [1.29, 1.82) is 0 Å². The molecule has 2 aromatic carbocycles. The second-order valence-corrected chi connectivity index (χ2v) is 5.83. The predicted octanol–water partition coefficient (Wildman–Crippen LogP) is 4.40. The number of nitrogens with one attached hydrogen (secondary N) is 1. The molecule has 5 heteroatoms. The van der Waals surface area contributed by atoms with Gasteiger partial charge in [-0.2, -0.15) is 0 Å². The van der Waals surface area contributed by atoms with Gasteiger partial charge in [-0.1, -0.05) is 24.3 Å². The smallest absolute Gasteiger partial charge is 0.234 e. The molecular formula is C16H15F2NOS. The zero-order valence-electron chi connectivity index (χ0n) is 11.5. The molecule has 0 saturated carbocycles. The average Bonchev–Trinajstić information content (AvgIpc) is 2.46. The molecule has 2 aromatic rings. The van der Waals surface area contributed by atoms with E-state index in [0.29, 0.717) is 5.69 Å². The average molecular weight is 307 g/mol. The maximum absolute atomic E-state index is 13.6. The number of carbonyl (C=O) groups is 1. The Kier molecular flexibility index (Phi) is 5.33. The molecule has 2 nitrogen and oxygen atoms in total. The largest absolute Gasteiger partial charge is 0.325 e. The summed E-state index contributed by atoms with van der Waals surface area (Å²) in [6.45, 7) is 1.68. The molecule has 1 unspecified atom stereocenters. The third kappa shape index (κ3) is 4.29. The van der Waals surface area contributed by atoms with Crippen LogP contribution in [-0.2, 0) is 4.79 Å². The summed E-state index contributed by atoms with van der Waals surface area (Å²) in [5, 5.41) is 2.29. The first-order chi connectivity index (χ1) is 10.1. The number of carbonyl (C=O) groups excluding carboxylic acids is 1. The van der Waals surface area contributed by atoms with E-state index in [0.717, 1.165) is 0 Å². The standard InChI is InChI=1S/C16H15F2NOS/c1-11(16-13(17)8-5-9-14(16)18)21-10-15(20)19-12-6-3-2-4-7-12/h2-9,11H,10H2,1H3,(H,19,20). The number of hydrogen-bond donors (Lipinski definition) is 1. The van der Waals surface area contributed by atoms with Gasteiger partial charge in [0.15, 0.2) is 0 Å². The Labute approximate surface area is 126 Å². The van der Waals surface area contributed by atoms with Crippen LogP contribution in [-0.4, -0.2) is 11.7 Å². The van der Waals surface area contributed by atoms with Crippen molar-refractivity contribution in [3.05, 3.63) is 65.7 Å². The lowest BCUT2D eigenvalue weighted by Gasteiger charge is -2.13. The first-order valence-corrected chi connectivity index (χ1v) is 7.53. The first kappa shape index (κ1) is 15.5. The molecule has 0 saturated heterocycles. The summed E-state index contributed by atoms with van der Waals surface area (Å²) in [5.74, 6) is -1.24. The molecule has 0 aliphatic heterocycles. The lowest BCUT2D eigenvalue weighted by Crippen LogP contribution is -2.15. The van der Waals surface area contributed by atoms with Crippen molar-refractivity contribution in [3.63, 3.8) is 0 Å². The first-order valence-electron chi connectivity index (χ1n) is 6.48. The van der Waals surface area contributed by atoms with Crippen molar-refractivity contribution in [2.75, 3.05) is 11.1 Å². The summed E-state index contributed by atoms with van der Waals surface area (Å²) in [6, 6.07) is 12.8. The molecule has 0 radical (unpaired) electrons. The number of hydrogen-bond acceptors (Lipinski definition) is 2. The van der Waals surface area contributed by atoms with Crippen LogP contribution < -0.4 is 5.32 Å². The summed E-state index contributed by atoms with van der Waals surface area (Å²) in [6.07, 6.45) is 0. The highest BCUT2D eigenvalue weighted by atomic mass is 32.2. The molecule has 0 aliphatic carbocycles. The fourth-order valence-electron chi connectivity index (χ4n) is 1.90. The van der Waals surface area contributed by atoms with E-state index in [1.807, 2.05) is 18.2 Å². The molecule has 0 fully saturated rings. The van der Waals surface area contributed by atoms with Gasteiger partial charge in [-0.05, 0) is 31.2 Å². The van der Waals surface area contributed by atoms with Crippen molar-refractivity contribution >= 4 is 23.4 Å². The minimum atomic E-state index is -0.585. The van der Waals surface area contributed by atoms with Gasteiger partial charge in [-0.3, -0.25) is 4.79 Å². The molecule has 21 heavy (non-hydrogen) atoms. The van der Waals surface area contributed by atoms with Gasteiger partial charge in [-0.25, -0.2) is 8.78 Å². The van der Waals surface area contributed by atoms with Crippen molar-refractivity contribution in [2.45, 2.75) is 12.2 Å². The van der Waals surface area contributed by atoms with Crippen LogP contribution in [0.25, 0.3) is 0 Å². The lowest BCUT2D eigenvalue weighted by molar-refractivity contribution is -0.113. The van der Waals surface area contributed by atoms with Gasteiger partial charge in [0, 0.05) is 16.5 Å². The molecule has 1 atom stereocenters. The molecule has 0 aliphatic rings. The summed E-state index contributed by atoms with van der Waals surface area (Å²) >= 11 is 1.19. The number of rotatable bonds is 5. The van der Waals surface area contributed by atoms with E-state index in [2.05, 4.69) is 5.32 Å². The van der Waals surface area contributed by atoms with Gasteiger partial charge in [0.05, 0.1) is 5.75 Å². The molecule has 1 amide bonds. The van der Waals surface area contributed by atoms with Crippen LogP contribution in [0.5, 0.6) is 0 Å². The summed E-state index contributed by atoms with van der Waals surface area (Å²) in [4.78, 5) is 11.8. The number of halogens is 2. The maximum atomic E-state index is 13.6. The van der Waals surface area contributed by atoms with Crippen molar-refractivity contribution in [2.24, 2.45) is 0 Å². The molecule has 0 heterocycles. The molecule has 0 bridgehead atoms. The van der Waals surface area contributed by atoms with Gasteiger partial charge in [0.1, 0.15) is 11.6 Å². The Morgan fingerprint density at radius 2 is 1.71 bits per heavy atom. The van der Waals surface area contributed by atoms with Crippen LogP contribution in [0.1, 0.15) is 17.7 Å². The second kappa shape index (κ2) is 7.22. The third-order valence-corrected chi connectivity index (χ3v) is 4.09. The third-order valence-electron chi connectivity index (χ3n) is 2.93. The van der Waals surface area contributed by atoms with E-state index in [4.69, 9.17) is 0 Å². The van der Waals surface area contributed by atoms with Crippen molar-refractivity contribution in [1.82, 2.24) is 0 Å². The van der Waals surface area contributed by atoms with Crippen LogP contribution in [0.15, 0.2) is 48.5 Å². The Morgan fingerprint density at radius 3 is 2.33 bits per heavy atom. The highest BCUT2D eigenvalue weighted by molar-refractivity contribution is 8.00. The predicted molar refractivity (Wildman–Crippen MR) is 82.3 cm³/mol. The van der Waals surface area contributed by atoms with Crippen LogP contribution in [0.2, 0.25) is 0 Å².